The average molecular weight is 307 g/mol. The van der Waals surface area contributed by atoms with Crippen LogP contribution in [-0.4, -0.2) is 16.3 Å². The zero-order chi connectivity index (χ0) is 15.1. The van der Waals surface area contributed by atoms with Crippen molar-refractivity contribution in [1.29, 1.82) is 5.26 Å². The molecule has 4 fully saturated rings. The molecule has 116 valence electrons. The highest BCUT2D eigenvalue weighted by Gasteiger charge is 2.49. The van der Waals surface area contributed by atoms with Gasteiger partial charge < -0.3 is 4.74 Å². The van der Waals surface area contributed by atoms with E-state index in [2.05, 4.69) is 25.6 Å². The quantitative estimate of drug-likeness (QED) is 0.619. The minimum Gasteiger partial charge on any atom is -0.459 e. The van der Waals surface area contributed by atoms with Crippen molar-refractivity contribution in [2.75, 3.05) is 0 Å². The van der Waals surface area contributed by atoms with Gasteiger partial charge in [-0.2, -0.15) is 17.9 Å². The highest BCUT2D eigenvalue weighted by Crippen LogP contribution is 2.54. The molecular formula is C17H25NO2S. The lowest BCUT2D eigenvalue weighted by molar-refractivity contribution is -0.182. The van der Waals surface area contributed by atoms with Crippen molar-refractivity contribution in [2.45, 2.75) is 81.5 Å². The van der Waals surface area contributed by atoms with E-state index in [4.69, 9.17) is 10.00 Å². The van der Waals surface area contributed by atoms with E-state index >= 15 is 0 Å². The van der Waals surface area contributed by atoms with Crippen molar-refractivity contribution >= 4 is 18.6 Å². The Labute approximate surface area is 132 Å². The van der Waals surface area contributed by atoms with Crippen molar-refractivity contribution in [3.63, 3.8) is 0 Å². The van der Waals surface area contributed by atoms with Gasteiger partial charge in [-0.15, -0.1) is 0 Å². The fourth-order valence-electron chi connectivity index (χ4n) is 4.23. The lowest BCUT2D eigenvalue weighted by Crippen LogP contribution is -2.48. The molecule has 4 aliphatic carbocycles. The second kappa shape index (κ2) is 5.19. The van der Waals surface area contributed by atoms with Crippen LogP contribution in [0.4, 0.5) is 0 Å². The smallest absolute Gasteiger partial charge is 0.309 e. The molecule has 0 aromatic heterocycles. The number of nitrogens with zero attached hydrogens (tertiary/aromatic N) is 1. The molecule has 21 heavy (non-hydrogen) atoms. The Hall–Kier alpha value is -0.690. The standard InChI is InChI=1S/C17H25NO2S/c1-15-6-9-16(10-7-15,11-8-15)20-14(19)13-2-4-17(21,12-18)5-3-13/h13,21H,2-11H2,1H3. The van der Waals surface area contributed by atoms with E-state index in [9.17, 15) is 4.79 Å². The number of fused-ring (bicyclic) bond motifs is 3. The number of carbonyl (C=O) groups is 1. The number of hydrogen-bond acceptors (Lipinski definition) is 4. The Bertz CT molecular complexity index is 449. The zero-order valence-electron chi connectivity index (χ0n) is 12.9. The molecule has 0 unspecified atom stereocenters. The van der Waals surface area contributed by atoms with E-state index in [1.54, 1.807) is 0 Å². The minimum absolute atomic E-state index is 0.0196. The van der Waals surface area contributed by atoms with E-state index in [1.165, 1.54) is 19.3 Å². The summed E-state index contributed by atoms with van der Waals surface area (Å²) < 4.78 is 5.47. The van der Waals surface area contributed by atoms with Crippen molar-refractivity contribution in [1.82, 2.24) is 0 Å². The van der Waals surface area contributed by atoms with Crippen LogP contribution in [0.3, 0.4) is 0 Å². The van der Waals surface area contributed by atoms with Crippen molar-refractivity contribution in [3.8, 4) is 6.07 Å². The minimum atomic E-state index is -0.535. The maximum atomic E-state index is 12.5. The number of rotatable bonds is 2. The first-order valence-electron chi connectivity index (χ1n) is 8.24. The summed E-state index contributed by atoms with van der Waals surface area (Å²) in [4.78, 5) is 12.5. The predicted molar refractivity (Wildman–Crippen MR) is 83.9 cm³/mol. The molecule has 4 saturated carbocycles. The molecule has 0 atom stereocenters. The summed E-state index contributed by atoms with van der Waals surface area (Å²) in [5.74, 6) is -0.0444. The maximum absolute atomic E-state index is 12.5. The second-order valence-corrected chi connectivity index (χ2v) is 8.69. The lowest BCUT2D eigenvalue weighted by Gasteiger charge is -2.51. The Morgan fingerprint density at radius 3 is 2.10 bits per heavy atom. The number of thiol groups is 1. The van der Waals surface area contributed by atoms with Crippen molar-refractivity contribution in [2.24, 2.45) is 11.3 Å². The van der Waals surface area contributed by atoms with Crippen LogP contribution in [0.5, 0.6) is 0 Å². The van der Waals surface area contributed by atoms with Crippen LogP contribution in [0, 0.1) is 22.7 Å². The zero-order valence-corrected chi connectivity index (χ0v) is 13.8. The number of esters is 1. The molecule has 3 nitrogen and oxygen atoms in total. The first-order valence-corrected chi connectivity index (χ1v) is 8.69. The number of hydrogen-bond donors (Lipinski definition) is 1. The third-order valence-electron chi connectivity index (χ3n) is 6.22. The van der Waals surface area contributed by atoms with E-state index in [-0.39, 0.29) is 17.5 Å². The van der Waals surface area contributed by atoms with E-state index in [0.717, 1.165) is 32.1 Å². The molecule has 0 aromatic carbocycles. The van der Waals surface area contributed by atoms with Gasteiger partial charge in [0.25, 0.3) is 0 Å². The molecule has 0 aliphatic heterocycles. The third kappa shape index (κ3) is 2.95. The SMILES string of the molecule is CC12CCC(OC(=O)C3CCC(S)(C#N)CC3)(CC1)CC2. The van der Waals surface area contributed by atoms with Gasteiger partial charge in [0.2, 0.25) is 0 Å². The van der Waals surface area contributed by atoms with Crippen LogP contribution in [0.25, 0.3) is 0 Å². The van der Waals surface area contributed by atoms with Gasteiger partial charge in [0, 0.05) is 0 Å². The maximum Gasteiger partial charge on any atom is 0.309 e. The highest BCUT2D eigenvalue weighted by atomic mass is 32.1. The van der Waals surface area contributed by atoms with Gasteiger partial charge in [-0.3, -0.25) is 4.79 Å². The Morgan fingerprint density at radius 1 is 1.10 bits per heavy atom. The van der Waals surface area contributed by atoms with Gasteiger partial charge in [-0.1, -0.05) is 6.92 Å². The van der Waals surface area contributed by atoms with Crippen molar-refractivity contribution < 1.29 is 9.53 Å². The molecule has 4 heteroatoms. The summed E-state index contributed by atoms with van der Waals surface area (Å²) in [5, 5.41) is 9.10. The molecule has 0 amide bonds. The average Bonchev–Trinajstić information content (AvgIpc) is 2.50. The fourth-order valence-corrected chi connectivity index (χ4v) is 4.49. The summed E-state index contributed by atoms with van der Waals surface area (Å²) in [6.07, 6.45) is 9.56. The second-order valence-electron chi connectivity index (χ2n) is 7.83. The molecule has 4 rings (SSSR count). The van der Waals surface area contributed by atoms with Crippen LogP contribution in [0.2, 0.25) is 0 Å². The first kappa shape index (κ1) is 15.2. The normalized spacial score (nSPS) is 45.9. The molecule has 0 heterocycles. The highest BCUT2D eigenvalue weighted by molar-refractivity contribution is 7.82. The Kier molecular flexibility index (Phi) is 3.76. The van der Waals surface area contributed by atoms with Gasteiger partial charge in [0.05, 0.1) is 16.7 Å². The van der Waals surface area contributed by atoms with E-state index in [1.807, 2.05) is 0 Å². The molecule has 0 radical (unpaired) electrons. The van der Waals surface area contributed by atoms with E-state index < -0.39 is 4.75 Å². The molecule has 2 bridgehead atoms. The van der Waals surface area contributed by atoms with Crippen LogP contribution in [0.15, 0.2) is 0 Å². The predicted octanol–water partition coefficient (Wildman–Crippen LogP) is 4.02. The van der Waals surface area contributed by atoms with Crippen LogP contribution in [-0.2, 0) is 9.53 Å². The lowest BCUT2D eigenvalue weighted by atomic mass is 9.59. The van der Waals surface area contributed by atoms with Crippen LogP contribution >= 0.6 is 12.6 Å². The van der Waals surface area contributed by atoms with Gasteiger partial charge in [0.15, 0.2) is 0 Å². The Balaban J connectivity index is 1.57. The number of ether oxygens (including phenoxy) is 1. The van der Waals surface area contributed by atoms with Crippen molar-refractivity contribution in [3.05, 3.63) is 0 Å². The fraction of sp³-hybridized carbons (Fsp3) is 0.882. The summed E-state index contributed by atoms with van der Waals surface area (Å²) in [5.41, 5.74) is 0.330. The van der Waals surface area contributed by atoms with Crippen LogP contribution in [0.1, 0.15) is 71.1 Å². The monoisotopic (exact) mass is 307 g/mol. The first-order chi connectivity index (χ1) is 9.88. The number of nitriles is 1. The molecule has 0 saturated heterocycles. The third-order valence-corrected chi connectivity index (χ3v) is 6.77. The van der Waals surface area contributed by atoms with Gasteiger partial charge in [-0.25, -0.2) is 0 Å². The summed E-state index contributed by atoms with van der Waals surface area (Å²) in [6.45, 7) is 2.37. The largest absolute Gasteiger partial charge is 0.459 e. The summed E-state index contributed by atoms with van der Waals surface area (Å²) in [7, 11) is 0. The van der Waals surface area contributed by atoms with E-state index in [0.29, 0.717) is 18.3 Å². The molecule has 0 spiro atoms. The Morgan fingerprint density at radius 2 is 1.62 bits per heavy atom. The van der Waals surface area contributed by atoms with Gasteiger partial charge >= 0.3 is 5.97 Å². The van der Waals surface area contributed by atoms with Crippen LogP contribution < -0.4 is 0 Å². The molecular weight excluding hydrogens is 282 g/mol. The molecule has 0 N–H and O–H groups in total. The molecule has 4 aliphatic rings. The number of carbonyl (C=O) groups excluding carboxylic acids is 1. The molecule has 0 aromatic rings. The summed E-state index contributed by atoms with van der Waals surface area (Å²) >= 11 is 4.43. The van der Waals surface area contributed by atoms with Gasteiger partial charge in [0.1, 0.15) is 5.60 Å². The summed E-state index contributed by atoms with van der Waals surface area (Å²) in [6, 6.07) is 2.26. The topological polar surface area (TPSA) is 50.1 Å². The van der Waals surface area contributed by atoms with Gasteiger partial charge in [-0.05, 0) is 69.6 Å².